The van der Waals surface area contributed by atoms with Crippen molar-refractivity contribution in [1.82, 2.24) is 0 Å². The molecule has 5 rings (SSSR count). The van der Waals surface area contributed by atoms with Gasteiger partial charge in [-0.05, 0) is 57.9 Å². The quantitative estimate of drug-likeness (QED) is 0.249. The van der Waals surface area contributed by atoms with Crippen molar-refractivity contribution in [3.05, 3.63) is 127 Å². The van der Waals surface area contributed by atoms with Gasteiger partial charge in [0.25, 0.3) is 0 Å². The topological polar surface area (TPSA) is 0 Å². The summed E-state index contributed by atoms with van der Waals surface area (Å²) in [5.41, 5.74) is 1.15. The zero-order valence-electron chi connectivity index (χ0n) is 17.6. The fraction of sp³-hybridized carbons (Fsp3) is 0.0345. The minimum atomic E-state index is -4.42. The van der Waals surface area contributed by atoms with Crippen LogP contribution in [0, 0.1) is 0 Å². The normalized spacial score (nSPS) is 11.8. The number of fused-ring (bicyclic) bond motifs is 1. The van der Waals surface area contributed by atoms with Crippen molar-refractivity contribution in [2.24, 2.45) is 0 Å². The lowest BCUT2D eigenvalue weighted by Gasteiger charge is -2.24. The highest BCUT2D eigenvalue weighted by molar-refractivity contribution is 7.80. The molecule has 5 aromatic carbocycles. The first-order valence-corrected chi connectivity index (χ1v) is 12.0. The second kappa shape index (κ2) is 8.84. The smallest absolute Gasteiger partial charge is 0.166 e. The second-order valence-corrected chi connectivity index (χ2v) is 9.95. The lowest BCUT2D eigenvalue weighted by atomic mass is 9.97. The van der Waals surface area contributed by atoms with Gasteiger partial charge in [-0.1, -0.05) is 109 Å². The molecule has 0 bridgehead atoms. The Balaban J connectivity index is 1.84. The molecule has 0 atom stereocenters. The molecule has 0 spiro atoms. The van der Waals surface area contributed by atoms with E-state index >= 15 is 0 Å². The molecule has 0 heterocycles. The summed E-state index contributed by atoms with van der Waals surface area (Å²) in [7, 11) is -1.21. The highest BCUT2D eigenvalue weighted by Crippen LogP contribution is 2.41. The van der Waals surface area contributed by atoms with Crippen LogP contribution in [0.4, 0.5) is 13.2 Å². The molecule has 0 aromatic heterocycles. The Bertz CT molecular complexity index is 1350. The molecule has 5 aromatic rings. The zero-order chi connectivity index (χ0) is 22.8. The van der Waals surface area contributed by atoms with E-state index in [4.69, 9.17) is 0 Å². The third-order valence-electron chi connectivity index (χ3n) is 5.67. The van der Waals surface area contributed by atoms with Crippen molar-refractivity contribution in [2.45, 2.75) is 6.18 Å². The first kappa shape index (κ1) is 21.4. The Morgan fingerprint density at radius 2 is 1.09 bits per heavy atom. The van der Waals surface area contributed by atoms with Crippen molar-refractivity contribution in [3.63, 3.8) is 0 Å². The van der Waals surface area contributed by atoms with E-state index in [2.05, 4.69) is 0 Å². The van der Waals surface area contributed by atoms with Gasteiger partial charge in [0, 0.05) is 0 Å². The first-order chi connectivity index (χ1) is 16.0. The second-order valence-electron chi connectivity index (χ2n) is 7.76. The van der Waals surface area contributed by atoms with Gasteiger partial charge in [0.15, 0.2) is 0 Å². The summed E-state index contributed by atoms with van der Waals surface area (Å²) in [6.07, 6.45) is -4.42. The van der Waals surface area contributed by atoms with E-state index in [0.717, 1.165) is 32.5 Å². The molecule has 0 saturated heterocycles. The number of halogens is 3. The molecule has 0 aliphatic carbocycles. The molecule has 33 heavy (non-hydrogen) atoms. The number of rotatable bonds is 4. The molecule has 0 aliphatic rings. The fourth-order valence-electron chi connectivity index (χ4n) is 4.16. The Hall–Kier alpha value is -3.42. The van der Waals surface area contributed by atoms with Gasteiger partial charge in [-0.3, -0.25) is 0 Å². The van der Waals surface area contributed by atoms with Crippen LogP contribution in [0.5, 0.6) is 0 Å². The van der Waals surface area contributed by atoms with Crippen molar-refractivity contribution in [3.8, 4) is 11.1 Å². The third-order valence-corrected chi connectivity index (χ3v) is 8.16. The lowest BCUT2D eigenvalue weighted by molar-refractivity contribution is -0.137. The van der Waals surface area contributed by atoms with Crippen LogP contribution in [-0.4, -0.2) is 0 Å². The monoisotopic (exact) mass is 456 g/mol. The van der Waals surface area contributed by atoms with E-state index in [1.54, 1.807) is 6.07 Å². The van der Waals surface area contributed by atoms with Crippen LogP contribution in [0.1, 0.15) is 5.56 Å². The van der Waals surface area contributed by atoms with Crippen molar-refractivity contribution < 1.29 is 13.2 Å². The maximum absolute atomic E-state index is 13.8. The SMILES string of the molecule is FC(F)(F)c1ccc(-c2cccc3ccccc23)c(P(c2ccccc2)c2ccccc2)c1. The average Bonchev–Trinajstić information content (AvgIpc) is 2.85. The van der Waals surface area contributed by atoms with Crippen LogP contribution in [0.2, 0.25) is 0 Å². The molecule has 0 N–H and O–H groups in total. The van der Waals surface area contributed by atoms with Gasteiger partial charge in [-0.25, -0.2) is 0 Å². The molecule has 0 radical (unpaired) electrons. The molecule has 0 saturated carbocycles. The molecule has 0 amide bonds. The third kappa shape index (κ3) is 4.29. The van der Waals surface area contributed by atoms with Gasteiger partial charge in [0.1, 0.15) is 0 Å². The maximum Gasteiger partial charge on any atom is 0.416 e. The largest absolute Gasteiger partial charge is 0.416 e. The van der Waals surface area contributed by atoms with Crippen molar-refractivity contribution >= 4 is 34.6 Å². The Kier molecular flexibility index (Phi) is 5.74. The van der Waals surface area contributed by atoms with Crippen LogP contribution in [0.15, 0.2) is 121 Å². The molecule has 0 unspecified atom stereocenters. The number of benzene rings is 5. The molecule has 4 heteroatoms. The van der Waals surface area contributed by atoms with E-state index in [1.165, 1.54) is 12.1 Å². The van der Waals surface area contributed by atoms with Gasteiger partial charge < -0.3 is 0 Å². The van der Waals surface area contributed by atoms with Crippen LogP contribution < -0.4 is 15.9 Å². The van der Waals surface area contributed by atoms with E-state index in [1.807, 2.05) is 103 Å². The minimum Gasteiger partial charge on any atom is -0.166 e. The van der Waals surface area contributed by atoms with Crippen LogP contribution in [0.3, 0.4) is 0 Å². The summed E-state index contributed by atoms with van der Waals surface area (Å²) in [5.74, 6) is 0. The fourth-order valence-corrected chi connectivity index (χ4v) is 6.66. The van der Waals surface area contributed by atoms with Gasteiger partial charge in [0.05, 0.1) is 5.56 Å². The highest BCUT2D eigenvalue weighted by Gasteiger charge is 2.32. The lowest BCUT2D eigenvalue weighted by Crippen LogP contribution is -2.23. The predicted molar refractivity (Wildman–Crippen MR) is 133 cm³/mol. The number of hydrogen-bond acceptors (Lipinski definition) is 0. The first-order valence-electron chi connectivity index (χ1n) is 10.6. The van der Waals surface area contributed by atoms with Gasteiger partial charge in [-0.15, -0.1) is 0 Å². The summed E-state index contributed by atoms with van der Waals surface area (Å²) >= 11 is 0. The van der Waals surface area contributed by atoms with Gasteiger partial charge in [0.2, 0.25) is 0 Å². The summed E-state index contributed by atoms with van der Waals surface area (Å²) in [6, 6.07) is 37.8. The van der Waals surface area contributed by atoms with Crippen LogP contribution >= 0.6 is 7.92 Å². The highest BCUT2D eigenvalue weighted by atomic mass is 31.1. The average molecular weight is 456 g/mol. The minimum absolute atomic E-state index is 0.624. The summed E-state index contributed by atoms with van der Waals surface area (Å²) in [6.45, 7) is 0. The molecular formula is C29H20F3P. The number of hydrogen-bond donors (Lipinski definition) is 0. The van der Waals surface area contributed by atoms with E-state index < -0.39 is 19.7 Å². The van der Waals surface area contributed by atoms with E-state index in [-0.39, 0.29) is 0 Å². The van der Waals surface area contributed by atoms with E-state index in [9.17, 15) is 13.2 Å². The molecule has 162 valence electrons. The Morgan fingerprint density at radius 1 is 0.515 bits per heavy atom. The molecule has 0 aliphatic heterocycles. The van der Waals surface area contributed by atoms with Crippen LogP contribution in [-0.2, 0) is 6.18 Å². The van der Waals surface area contributed by atoms with Crippen LogP contribution in [0.25, 0.3) is 21.9 Å². The predicted octanol–water partition coefficient (Wildman–Crippen LogP) is 7.28. The van der Waals surface area contributed by atoms with Crippen molar-refractivity contribution in [2.75, 3.05) is 0 Å². The van der Waals surface area contributed by atoms with Gasteiger partial charge >= 0.3 is 6.18 Å². The summed E-state index contributed by atoms with van der Waals surface area (Å²) < 4.78 is 41.5. The summed E-state index contributed by atoms with van der Waals surface area (Å²) in [4.78, 5) is 0. The maximum atomic E-state index is 13.8. The Morgan fingerprint density at radius 3 is 1.73 bits per heavy atom. The standard InChI is InChI=1S/C29H20F3P/c30-29(31,32)22-18-19-27(26-17-9-11-21-10-7-8-16-25(21)26)28(20-22)33(23-12-3-1-4-13-23)24-14-5-2-6-15-24/h1-20H. The van der Waals surface area contributed by atoms with Gasteiger partial charge in [-0.2, -0.15) is 13.2 Å². The zero-order valence-corrected chi connectivity index (χ0v) is 18.5. The molecular weight excluding hydrogens is 436 g/mol. The number of alkyl halides is 3. The molecule has 0 nitrogen and oxygen atoms in total. The molecule has 0 fully saturated rings. The van der Waals surface area contributed by atoms with E-state index in [0.29, 0.717) is 5.30 Å². The summed E-state index contributed by atoms with van der Waals surface area (Å²) in [5, 5.41) is 4.81. The Labute approximate surface area is 192 Å². The van der Waals surface area contributed by atoms with Crippen molar-refractivity contribution in [1.29, 1.82) is 0 Å².